The van der Waals surface area contributed by atoms with E-state index >= 15 is 0 Å². The van der Waals surface area contributed by atoms with Gasteiger partial charge in [0.15, 0.2) is 5.65 Å². The van der Waals surface area contributed by atoms with Gasteiger partial charge in [0, 0.05) is 38.3 Å². The Kier molecular flexibility index (Phi) is 7.34. The molecular weight excluding hydrogens is 468 g/mol. The van der Waals surface area contributed by atoms with Gasteiger partial charge < -0.3 is 10.6 Å². The molecule has 0 saturated heterocycles. The van der Waals surface area contributed by atoms with Crippen LogP contribution in [0.1, 0.15) is 50.8 Å². The average Bonchev–Trinajstić information content (AvgIpc) is 2.84. The minimum absolute atomic E-state index is 0.00653. The van der Waals surface area contributed by atoms with E-state index in [4.69, 9.17) is 4.98 Å². The maximum atomic E-state index is 13.0. The van der Waals surface area contributed by atoms with Gasteiger partial charge in [0.05, 0.1) is 5.75 Å². The number of hydrogen-bond donors (Lipinski definition) is 2. The number of amides is 2. The molecule has 1 aliphatic carbocycles. The molecule has 0 spiro atoms. The quantitative estimate of drug-likeness (QED) is 0.397. The van der Waals surface area contributed by atoms with Crippen molar-refractivity contribution in [3.8, 4) is 0 Å². The molecule has 0 radical (unpaired) electrons. The fraction of sp³-hybridized carbons (Fsp3) is 0.417. The molecule has 0 bridgehead atoms. The Labute approximate surface area is 206 Å². The molecule has 0 aliphatic heterocycles. The summed E-state index contributed by atoms with van der Waals surface area (Å²) in [6, 6.07) is 6.84. The lowest BCUT2D eigenvalue weighted by molar-refractivity contribution is -0.114. The molecule has 11 heteroatoms. The van der Waals surface area contributed by atoms with Crippen LogP contribution >= 0.6 is 11.8 Å². The molecule has 3 aromatic rings. The van der Waals surface area contributed by atoms with Crippen LogP contribution in [-0.2, 0) is 23.7 Å². The molecular formula is C24H28N6O4S. The summed E-state index contributed by atoms with van der Waals surface area (Å²) in [4.78, 5) is 58.9. The van der Waals surface area contributed by atoms with Crippen LogP contribution in [0, 0.1) is 0 Å². The molecule has 1 saturated carbocycles. The molecule has 2 amide bonds. The number of fused-ring (bicyclic) bond motifs is 1. The highest BCUT2D eigenvalue weighted by atomic mass is 32.2. The van der Waals surface area contributed by atoms with Gasteiger partial charge in [0.2, 0.25) is 11.8 Å². The zero-order valence-electron chi connectivity index (χ0n) is 20.0. The summed E-state index contributed by atoms with van der Waals surface area (Å²) in [5.41, 5.74) is 0.467. The van der Waals surface area contributed by atoms with Gasteiger partial charge in [-0.15, -0.1) is 0 Å². The molecule has 0 unspecified atom stereocenters. The zero-order chi connectivity index (χ0) is 25.1. The van der Waals surface area contributed by atoms with E-state index in [-0.39, 0.29) is 28.9 Å². The van der Waals surface area contributed by atoms with Crippen LogP contribution < -0.4 is 21.9 Å². The number of benzene rings is 1. The van der Waals surface area contributed by atoms with E-state index in [2.05, 4.69) is 15.6 Å². The highest BCUT2D eigenvalue weighted by Gasteiger charge is 2.23. The largest absolute Gasteiger partial charge is 0.332 e. The second-order valence-electron chi connectivity index (χ2n) is 8.73. The van der Waals surface area contributed by atoms with Gasteiger partial charge in [-0.3, -0.25) is 23.5 Å². The summed E-state index contributed by atoms with van der Waals surface area (Å²) < 4.78 is 2.39. The van der Waals surface area contributed by atoms with Crippen molar-refractivity contribution in [1.82, 2.24) is 19.1 Å². The summed E-state index contributed by atoms with van der Waals surface area (Å²) in [7, 11) is 3.01. The molecule has 184 valence electrons. The van der Waals surface area contributed by atoms with Gasteiger partial charge in [0.1, 0.15) is 16.2 Å². The van der Waals surface area contributed by atoms with Gasteiger partial charge in [-0.2, -0.15) is 0 Å². The molecule has 2 heterocycles. The lowest BCUT2D eigenvalue weighted by atomic mass is 9.89. The van der Waals surface area contributed by atoms with Crippen molar-refractivity contribution < 1.29 is 9.59 Å². The first kappa shape index (κ1) is 24.6. The fourth-order valence-electron chi connectivity index (χ4n) is 4.30. The van der Waals surface area contributed by atoms with E-state index in [9.17, 15) is 19.2 Å². The molecule has 0 atom stereocenters. The van der Waals surface area contributed by atoms with Gasteiger partial charge in [0.25, 0.3) is 5.56 Å². The Morgan fingerprint density at radius 2 is 1.71 bits per heavy atom. The van der Waals surface area contributed by atoms with Crippen LogP contribution in [0.2, 0.25) is 0 Å². The maximum Gasteiger partial charge on any atom is 0.332 e. The highest BCUT2D eigenvalue weighted by molar-refractivity contribution is 8.00. The second-order valence-corrected chi connectivity index (χ2v) is 9.69. The first-order chi connectivity index (χ1) is 16.7. The van der Waals surface area contributed by atoms with Crippen LogP contribution in [0.5, 0.6) is 0 Å². The van der Waals surface area contributed by atoms with E-state index in [1.807, 2.05) is 0 Å². The van der Waals surface area contributed by atoms with Crippen molar-refractivity contribution in [3.63, 3.8) is 0 Å². The van der Waals surface area contributed by atoms with Crippen molar-refractivity contribution >= 4 is 46.0 Å². The van der Waals surface area contributed by atoms with Crippen molar-refractivity contribution in [1.29, 1.82) is 0 Å². The molecule has 1 aliphatic rings. The third kappa shape index (κ3) is 5.45. The van der Waals surface area contributed by atoms with E-state index in [1.54, 1.807) is 31.3 Å². The minimum Gasteiger partial charge on any atom is -0.326 e. The normalized spacial score (nSPS) is 14.1. The summed E-state index contributed by atoms with van der Waals surface area (Å²) in [6.07, 6.45) is 5.26. The number of aryl methyl sites for hydroxylation is 1. The summed E-state index contributed by atoms with van der Waals surface area (Å²) >= 11 is 1.15. The number of carbonyl (C=O) groups excluding carboxylic acids is 2. The second kappa shape index (κ2) is 10.4. The number of hydrogen-bond acceptors (Lipinski definition) is 7. The molecule has 35 heavy (non-hydrogen) atoms. The third-order valence-electron chi connectivity index (χ3n) is 6.06. The summed E-state index contributed by atoms with van der Waals surface area (Å²) in [5.74, 6) is 0.294. The number of aromatic nitrogens is 4. The number of carbonyl (C=O) groups is 2. The van der Waals surface area contributed by atoms with Crippen LogP contribution in [0.3, 0.4) is 0 Å². The molecule has 2 N–H and O–H groups in total. The number of thioether (sulfide) groups is 1. The van der Waals surface area contributed by atoms with Crippen molar-refractivity contribution in [2.45, 2.75) is 50.0 Å². The van der Waals surface area contributed by atoms with Crippen LogP contribution in [0.4, 0.5) is 11.4 Å². The van der Waals surface area contributed by atoms with E-state index in [1.165, 1.54) is 25.0 Å². The van der Waals surface area contributed by atoms with Crippen molar-refractivity contribution in [3.05, 3.63) is 50.9 Å². The van der Waals surface area contributed by atoms with Gasteiger partial charge in [-0.05, 0) is 31.0 Å². The van der Waals surface area contributed by atoms with E-state index in [0.717, 1.165) is 42.0 Å². The Morgan fingerprint density at radius 3 is 2.40 bits per heavy atom. The van der Waals surface area contributed by atoms with Crippen molar-refractivity contribution in [2.75, 3.05) is 16.4 Å². The lowest BCUT2D eigenvalue weighted by Crippen LogP contribution is -2.38. The van der Waals surface area contributed by atoms with Crippen LogP contribution in [0.25, 0.3) is 11.0 Å². The first-order valence-corrected chi connectivity index (χ1v) is 12.5. The number of rotatable bonds is 6. The fourth-order valence-corrected chi connectivity index (χ4v) is 5.12. The van der Waals surface area contributed by atoms with Gasteiger partial charge in [-0.25, -0.2) is 14.8 Å². The maximum absolute atomic E-state index is 13.0. The highest BCUT2D eigenvalue weighted by Crippen LogP contribution is 2.33. The first-order valence-electron chi connectivity index (χ1n) is 11.5. The predicted octanol–water partition coefficient (Wildman–Crippen LogP) is 2.76. The third-order valence-corrected chi connectivity index (χ3v) is 7.04. The average molecular weight is 497 g/mol. The van der Waals surface area contributed by atoms with Gasteiger partial charge >= 0.3 is 5.69 Å². The zero-order valence-corrected chi connectivity index (χ0v) is 20.8. The smallest absolute Gasteiger partial charge is 0.326 e. The monoisotopic (exact) mass is 496 g/mol. The van der Waals surface area contributed by atoms with E-state index < -0.39 is 11.2 Å². The number of nitrogens with one attached hydrogen (secondary N) is 2. The van der Waals surface area contributed by atoms with Crippen molar-refractivity contribution in [2.24, 2.45) is 14.1 Å². The van der Waals surface area contributed by atoms with Gasteiger partial charge in [-0.1, -0.05) is 37.1 Å². The van der Waals surface area contributed by atoms with E-state index in [0.29, 0.717) is 27.9 Å². The standard InChI is InChI=1S/C24H28N6O4S/c1-14(31)25-16-10-7-11-17(12-16)26-18(32)13-35-22-19-21(29(2)24(34)30(3)23(19)33)27-20(28-22)15-8-5-4-6-9-15/h7,10-12,15H,4-6,8-9,13H2,1-3H3,(H,25,31)(H,26,32). The Morgan fingerprint density at radius 1 is 1.03 bits per heavy atom. The van der Waals surface area contributed by atoms with Crippen LogP contribution in [0.15, 0.2) is 38.9 Å². The summed E-state index contributed by atoms with van der Waals surface area (Å²) in [5, 5.41) is 6.12. The van der Waals surface area contributed by atoms with Crippen LogP contribution in [-0.4, -0.2) is 36.7 Å². The SMILES string of the molecule is CC(=O)Nc1cccc(NC(=O)CSc2nc(C3CCCCC3)nc3c2c(=O)n(C)c(=O)n3C)c1. The molecule has 10 nitrogen and oxygen atoms in total. The Balaban J connectivity index is 1.63. The number of nitrogens with zero attached hydrogens (tertiary/aromatic N) is 4. The Hall–Kier alpha value is -3.47. The minimum atomic E-state index is -0.482. The predicted molar refractivity (Wildman–Crippen MR) is 136 cm³/mol. The molecule has 4 rings (SSSR count). The molecule has 1 fully saturated rings. The topological polar surface area (TPSA) is 128 Å². The molecule has 2 aromatic heterocycles. The number of anilines is 2. The molecule has 1 aromatic carbocycles. The Bertz CT molecular complexity index is 1410. The lowest BCUT2D eigenvalue weighted by Gasteiger charge is -2.21. The summed E-state index contributed by atoms with van der Waals surface area (Å²) in [6.45, 7) is 1.41.